The smallest absolute Gasteiger partial charge is 0.390 e. The van der Waals surface area contributed by atoms with Gasteiger partial charge < -0.3 is 25.7 Å². The topological polar surface area (TPSA) is 234 Å². The third-order valence-electron chi connectivity index (χ3n) is 3.06. The van der Waals surface area contributed by atoms with E-state index in [1.54, 1.807) is 0 Å². The number of fused-ring (bicyclic) bond motifs is 1. The molecule has 0 amide bonds. The van der Waals surface area contributed by atoms with E-state index in [-0.39, 0.29) is 17.1 Å². The predicted molar refractivity (Wildman–Crippen MR) is 80.6 cm³/mol. The number of phosphoric acid groups is 1. The number of aliphatic hydroxyl groups is 2. The Kier molecular flexibility index (Phi) is 5.22. The average Bonchev–Trinajstić information content (AvgIpc) is 2.80. The van der Waals surface area contributed by atoms with Gasteiger partial charge in [0.25, 0.3) is 5.56 Å². The zero-order valence-corrected chi connectivity index (χ0v) is 13.2. The molecule has 2 aromatic rings. The van der Waals surface area contributed by atoms with Crippen LogP contribution in [0.2, 0.25) is 0 Å². The van der Waals surface area contributed by atoms with Crippen LogP contribution in [0.4, 0.5) is 5.95 Å². The Bertz CT molecular complexity index is 956. The molecule has 8 N–H and O–H groups in total. The molecular formula is C10H14N5O9P. The molecule has 14 nitrogen and oxygen atoms in total. The number of imidazole rings is 1. The van der Waals surface area contributed by atoms with Crippen LogP contribution in [0, 0.1) is 0 Å². The largest absolute Gasteiger partial charge is 0.469 e. The molecule has 138 valence electrons. The van der Waals surface area contributed by atoms with Gasteiger partial charge in [-0.25, -0.2) is 13.9 Å². The zero-order chi connectivity index (χ0) is 18.9. The van der Waals surface area contributed by atoms with Crippen LogP contribution in [0.5, 0.6) is 0 Å². The first kappa shape index (κ1) is 19.0. The Morgan fingerprint density at radius 2 is 1.92 bits per heavy atom. The van der Waals surface area contributed by atoms with Gasteiger partial charge in [0.2, 0.25) is 11.9 Å². The van der Waals surface area contributed by atoms with Crippen molar-refractivity contribution >= 4 is 30.8 Å². The van der Waals surface area contributed by atoms with Crippen molar-refractivity contribution in [3.8, 4) is 0 Å². The molecule has 25 heavy (non-hydrogen) atoms. The molecule has 0 aliphatic carbocycles. The number of phosphoric ester groups is 1. The molecule has 0 spiro atoms. The second kappa shape index (κ2) is 6.87. The van der Waals surface area contributed by atoms with E-state index in [4.69, 9.17) is 15.5 Å². The minimum atomic E-state index is -4.87. The lowest BCUT2D eigenvalue weighted by Crippen LogP contribution is -2.35. The fourth-order valence-electron chi connectivity index (χ4n) is 1.93. The van der Waals surface area contributed by atoms with Crippen LogP contribution in [0.15, 0.2) is 9.59 Å². The summed E-state index contributed by atoms with van der Waals surface area (Å²) in [5, 5.41) is 19.3. The number of nitrogens with zero attached hydrogens (tertiary/aromatic N) is 2. The summed E-state index contributed by atoms with van der Waals surface area (Å²) >= 11 is 0. The molecule has 0 aliphatic heterocycles. The SMILES string of the molecule is Nc1nc2c([nH]c(=O)n2C(=O)C[C@H](O)[C@H](O)COP(=O)(O)O)c(=O)[nH]1. The summed E-state index contributed by atoms with van der Waals surface area (Å²) in [4.78, 5) is 60.6. The van der Waals surface area contributed by atoms with Crippen molar-refractivity contribution in [3.63, 3.8) is 0 Å². The van der Waals surface area contributed by atoms with Crippen LogP contribution >= 0.6 is 7.82 Å². The van der Waals surface area contributed by atoms with Gasteiger partial charge in [0.05, 0.1) is 19.1 Å². The summed E-state index contributed by atoms with van der Waals surface area (Å²) in [6, 6.07) is 0. The Balaban J connectivity index is 2.23. The molecule has 0 fully saturated rings. The number of hydrogen-bond acceptors (Lipinski definition) is 9. The van der Waals surface area contributed by atoms with Gasteiger partial charge in [0.1, 0.15) is 6.10 Å². The predicted octanol–water partition coefficient (Wildman–Crippen LogP) is -3.14. The number of nitrogens with one attached hydrogen (secondary N) is 2. The first-order valence-corrected chi connectivity index (χ1v) is 8.12. The number of aliphatic hydroxyl groups excluding tert-OH is 2. The third-order valence-corrected chi connectivity index (χ3v) is 3.54. The molecule has 0 aromatic carbocycles. The summed E-state index contributed by atoms with van der Waals surface area (Å²) in [5.41, 5.74) is 2.86. The molecule has 0 saturated carbocycles. The fourth-order valence-corrected chi connectivity index (χ4v) is 2.28. The molecule has 2 atom stereocenters. The Labute approximate surface area is 137 Å². The monoisotopic (exact) mass is 379 g/mol. The second-order valence-corrected chi connectivity index (χ2v) is 6.17. The summed E-state index contributed by atoms with van der Waals surface area (Å²) < 4.78 is 15.0. The Morgan fingerprint density at radius 1 is 1.28 bits per heavy atom. The number of hydrogen-bond donors (Lipinski definition) is 7. The molecule has 0 aliphatic rings. The number of anilines is 1. The van der Waals surface area contributed by atoms with E-state index in [0.29, 0.717) is 4.57 Å². The lowest BCUT2D eigenvalue weighted by Gasteiger charge is -2.17. The van der Waals surface area contributed by atoms with Gasteiger partial charge in [0, 0.05) is 0 Å². The molecule has 2 rings (SSSR count). The van der Waals surface area contributed by atoms with Crippen molar-refractivity contribution in [2.24, 2.45) is 0 Å². The van der Waals surface area contributed by atoms with E-state index in [2.05, 4.69) is 19.5 Å². The average molecular weight is 379 g/mol. The number of H-pyrrole nitrogens is 2. The highest BCUT2D eigenvalue weighted by molar-refractivity contribution is 7.46. The molecule has 15 heteroatoms. The van der Waals surface area contributed by atoms with Crippen molar-refractivity contribution in [2.75, 3.05) is 12.3 Å². The van der Waals surface area contributed by atoms with Crippen LogP contribution in [0.3, 0.4) is 0 Å². The number of carbonyl (C=O) groups excluding carboxylic acids is 1. The van der Waals surface area contributed by atoms with Gasteiger partial charge >= 0.3 is 13.5 Å². The number of aromatic nitrogens is 4. The number of nitrogen functional groups attached to an aromatic ring is 1. The van der Waals surface area contributed by atoms with E-state index in [1.807, 2.05) is 0 Å². The quantitative estimate of drug-likeness (QED) is 0.248. The first-order valence-electron chi connectivity index (χ1n) is 6.59. The number of nitrogens with two attached hydrogens (primary N) is 1. The van der Waals surface area contributed by atoms with Gasteiger partial charge in [-0.15, -0.1) is 0 Å². The maximum Gasteiger partial charge on any atom is 0.469 e. The lowest BCUT2D eigenvalue weighted by atomic mass is 10.1. The lowest BCUT2D eigenvalue weighted by molar-refractivity contribution is -0.0156. The van der Waals surface area contributed by atoms with E-state index in [0.717, 1.165) is 0 Å². The highest BCUT2D eigenvalue weighted by atomic mass is 31.2. The van der Waals surface area contributed by atoms with Gasteiger partial charge in [0.15, 0.2) is 11.2 Å². The van der Waals surface area contributed by atoms with E-state index >= 15 is 0 Å². The molecule has 0 bridgehead atoms. The zero-order valence-electron chi connectivity index (χ0n) is 12.3. The Hall–Kier alpha value is -2.35. The molecule has 2 aromatic heterocycles. The second-order valence-electron chi connectivity index (χ2n) is 4.93. The summed E-state index contributed by atoms with van der Waals surface area (Å²) in [6.07, 6.45) is -4.46. The molecule has 0 radical (unpaired) electrons. The van der Waals surface area contributed by atoms with E-state index in [9.17, 15) is 29.2 Å². The number of aromatic amines is 2. The molecule has 0 saturated heterocycles. The molecule has 0 unspecified atom stereocenters. The van der Waals surface area contributed by atoms with Gasteiger partial charge in [-0.2, -0.15) is 4.98 Å². The van der Waals surface area contributed by atoms with Crippen molar-refractivity contribution < 1.29 is 33.9 Å². The van der Waals surface area contributed by atoms with Gasteiger partial charge in [-0.3, -0.25) is 24.1 Å². The Morgan fingerprint density at radius 3 is 2.52 bits per heavy atom. The standard InChI is InChI=1S/C10H14N5O9P/c11-9-13-7-6(8(19)14-9)12-10(20)15(7)5(18)1-3(16)4(17)2-24-25(21,22)23/h3-4,16-17H,1-2H2,(H,12,20)(H2,21,22,23)(H3,11,13,14,19)/t3-,4+/m0/s1. The van der Waals surface area contributed by atoms with Crippen LogP contribution in [-0.4, -0.2) is 64.2 Å². The highest BCUT2D eigenvalue weighted by Gasteiger charge is 2.26. The van der Waals surface area contributed by atoms with Crippen LogP contribution in [-0.2, 0) is 9.09 Å². The minimum absolute atomic E-state index is 0.313. The fraction of sp³-hybridized carbons (Fsp3) is 0.400. The van der Waals surface area contributed by atoms with Crippen molar-refractivity contribution in [2.45, 2.75) is 18.6 Å². The normalized spacial score (nSPS) is 14.6. The van der Waals surface area contributed by atoms with Gasteiger partial charge in [-0.1, -0.05) is 0 Å². The summed E-state index contributed by atoms with van der Waals surface area (Å²) in [6.45, 7) is -0.952. The third kappa shape index (κ3) is 4.39. The maximum absolute atomic E-state index is 12.2. The van der Waals surface area contributed by atoms with Crippen molar-refractivity contribution in [3.05, 3.63) is 20.8 Å². The summed E-state index contributed by atoms with van der Waals surface area (Å²) in [7, 11) is -4.87. The maximum atomic E-state index is 12.2. The molecule has 2 heterocycles. The number of carbonyl (C=O) groups is 1. The van der Waals surface area contributed by atoms with Crippen LogP contribution in [0.1, 0.15) is 11.2 Å². The van der Waals surface area contributed by atoms with E-state index in [1.165, 1.54) is 0 Å². The summed E-state index contributed by atoms with van der Waals surface area (Å²) in [5.74, 6) is -1.40. The minimum Gasteiger partial charge on any atom is -0.390 e. The van der Waals surface area contributed by atoms with Crippen LogP contribution in [0.25, 0.3) is 11.2 Å². The number of rotatable bonds is 6. The first-order chi connectivity index (χ1) is 11.5. The van der Waals surface area contributed by atoms with Crippen LogP contribution < -0.4 is 17.0 Å². The molecular weight excluding hydrogens is 365 g/mol. The van der Waals surface area contributed by atoms with E-state index < -0.39 is 50.2 Å². The van der Waals surface area contributed by atoms with Crippen molar-refractivity contribution in [1.29, 1.82) is 0 Å². The highest BCUT2D eigenvalue weighted by Crippen LogP contribution is 2.35. The van der Waals surface area contributed by atoms with Crippen molar-refractivity contribution in [1.82, 2.24) is 19.5 Å². The van der Waals surface area contributed by atoms with Gasteiger partial charge in [-0.05, 0) is 0 Å².